The van der Waals surface area contributed by atoms with Crippen molar-refractivity contribution in [1.29, 1.82) is 0 Å². The van der Waals surface area contributed by atoms with Crippen LogP contribution in [0.15, 0.2) is 18.2 Å². The molecule has 2 amide bonds. The quantitative estimate of drug-likeness (QED) is 0.431. The average molecular weight is 655 g/mol. The molecule has 1 N–H and O–H groups in total. The van der Waals surface area contributed by atoms with Crippen molar-refractivity contribution in [3.05, 3.63) is 23.9 Å². The second-order valence-electron chi connectivity index (χ2n) is 15.3. The first-order valence-electron chi connectivity index (χ1n) is 17.0. The Morgan fingerprint density at radius 2 is 1.83 bits per heavy atom. The highest BCUT2D eigenvalue weighted by atomic mass is 19.3. The van der Waals surface area contributed by atoms with Gasteiger partial charge in [0.2, 0.25) is 11.8 Å². The zero-order valence-electron chi connectivity index (χ0n) is 27.6. The van der Waals surface area contributed by atoms with E-state index in [0.717, 1.165) is 12.8 Å². The maximum Gasteiger partial charge on any atom is 0.408 e. The van der Waals surface area contributed by atoms with Gasteiger partial charge in [0.05, 0.1) is 30.7 Å². The van der Waals surface area contributed by atoms with E-state index < -0.39 is 59.1 Å². The van der Waals surface area contributed by atoms with Gasteiger partial charge in [0.15, 0.2) is 5.69 Å². The van der Waals surface area contributed by atoms with Crippen LogP contribution in [-0.2, 0) is 20.2 Å². The number of aldehydes is 1. The molecule has 3 saturated carbocycles. The first kappa shape index (κ1) is 32.0. The number of carbonyl (C=O) groups excluding carboxylic acids is 3. The summed E-state index contributed by atoms with van der Waals surface area (Å²) in [6.07, 6.45) is 2.79. The van der Waals surface area contributed by atoms with Gasteiger partial charge in [0.1, 0.15) is 30.3 Å². The van der Waals surface area contributed by atoms with E-state index in [1.54, 1.807) is 18.2 Å². The summed E-state index contributed by atoms with van der Waals surface area (Å²) in [4.78, 5) is 50.6. The highest BCUT2D eigenvalue weighted by Gasteiger charge is 2.60. The van der Waals surface area contributed by atoms with Crippen molar-refractivity contribution in [1.82, 2.24) is 20.2 Å². The van der Waals surface area contributed by atoms with Crippen LogP contribution in [0.25, 0.3) is 11.0 Å². The van der Waals surface area contributed by atoms with Gasteiger partial charge in [-0.2, -0.15) is 8.78 Å². The van der Waals surface area contributed by atoms with Gasteiger partial charge in [-0.15, -0.1) is 0 Å². The molecule has 3 heterocycles. The molecule has 3 aliphatic carbocycles. The van der Waals surface area contributed by atoms with Crippen LogP contribution in [0.3, 0.4) is 0 Å². The van der Waals surface area contributed by atoms with E-state index in [-0.39, 0.29) is 30.4 Å². The molecule has 1 aromatic heterocycles. The molecule has 2 aliphatic heterocycles. The van der Waals surface area contributed by atoms with E-state index in [1.165, 1.54) is 12.0 Å². The number of nitrogens with zero attached hydrogens (tertiary/aromatic N) is 3. The average Bonchev–Trinajstić information content (AvgIpc) is 3.93. The number of hydrogen-bond donors (Lipinski definition) is 1. The van der Waals surface area contributed by atoms with Crippen LogP contribution in [0.5, 0.6) is 11.6 Å². The topological polar surface area (TPSA) is 120 Å². The van der Waals surface area contributed by atoms with Gasteiger partial charge in [-0.3, -0.25) is 4.79 Å². The number of nitrogens with one attached hydrogen (secondary N) is 1. The van der Waals surface area contributed by atoms with Crippen LogP contribution in [0.4, 0.5) is 13.6 Å². The van der Waals surface area contributed by atoms with Gasteiger partial charge < -0.3 is 29.2 Å². The van der Waals surface area contributed by atoms with Crippen LogP contribution in [0.2, 0.25) is 0 Å². The monoisotopic (exact) mass is 654 g/mol. The summed E-state index contributed by atoms with van der Waals surface area (Å²) in [5, 5.41) is 2.85. The Morgan fingerprint density at radius 1 is 1.04 bits per heavy atom. The van der Waals surface area contributed by atoms with E-state index >= 15 is 8.78 Å². The highest BCUT2D eigenvalue weighted by molar-refractivity contribution is 5.89. The minimum atomic E-state index is -3.32. The fourth-order valence-corrected chi connectivity index (χ4v) is 8.58. The van der Waals surface area contributed by atoms with Crippen molar-refractivity contribution in [2.45, 2.75) is 96.4 Å². The molecule has 1 aromatic carbocycles. The fourth-order valence-electron chi connectivity index (χ4n) is 8.58. The van der Waals surface area contributed by atoms with Gasteiger partial charge in [-0.1, -0.05) is 27.7 Å². The Morgan fingerprint density at radius 3 is 2.53 bits per heavy atom. The number of hydrogen-bond acceptors (Lipinski definition) is 8. The van der Waals surface area contributed by atoms with Gasteiger partial charge in [-0.25, -0.2) is 14.8 Å². The van der Waals surface area contributed by atoms with E-state index in [4.69, 9.17) is 14.2 Å². The number of ether oxygens (including phenoxy) is 3. The van der Waals surface area contributed by atoms with E-state index in [1.807, 2.05) is 27.7 Å². The normalized spacial score (nSPS) is 36.4. The lowest BCUT2D eigenvalue weighted by molar-refractivity contribution is -0.139. The number of amides is 2. The van der Waals surface area contributed by atoms with Crippen molar-refractivity contribution in [2.24, 2.45) is 40.9 Å². The number of benzene rings is 1. The zero-order chi connectivity index (χ0) is 33.4. The Kier molecular flexibility index (Phi) is 7.86. The maximum absolute atomic E-state index is 16.5. The second-order valence-corrected chi connectivity index (χ2v) is 15.3. The van der Waals surface area contributed by atoms with Gasteiger partial charge >= 0.3 is 6.09 Å². The number of halogens is 2. The van der Waals surface area contributed by atoms with Crippen LogP contribution < -0.4 is 14.8 Å². The third kappa shape index (κ3) is 5.69. The summed E-state index contributed by atoms with van der Waals surface area (Å²) >= 11 is 0. The molecular weight excluding hydrogens is 610 g/mol. The van der Waals surface area contributed by atoms with Crippen molar-refractivity contribution in [3.8, 4) is 11.6 Å². The molecular formula is C35H44F2N4O6. The lowest BCUT2D eigenvalue weighted by Crippen LogP contribution is -2.56. The van der Waals surface area contributed by atoms with Gasteiger partial charge in [-0.05, 0) is 79.7 Å². The number of aromatic nitrogens is 2. The SMILES string of the molecule is CC[C@@H]1[C@@H]2CN(C(=O)[C@H](C(C)(C)C)NC(=O)O[C@@H]3CC4CC4[C@H]3CCC3CC3C(F)(F)c3nc4ccc(OC)cc4nc3O2)[C@@H]1C=O. The minimum Gasteiger partial charge on any atom is -0.497 e. The Bertz CT molecular complexity index is 1580. The Balaban J connectivity index is 1.30. The number of alkyl carbamates (subject to hydrolysis) is 1. The standard InChI is InChI=1S/C35H44F2N4O6/c1-6-20-26(16-42)41-15-28(20)46-31-29(38-24-10-8-19(45-5)14-25(24)39-31)35(36,37)23-12-17(23)7-9-21-22-11-18(22)13-27(21)47-33(44)40-30(32(41)43)34(2,3)4/h8,10,14,16-18,20-23,26-28,30H,6-7,9,11-13,15H2,1-5H3,(H,40,44)/t17?,18?,20-,21+,22?,23?,26+,27+,28-,30+/m0/s1. The fraction of sp³-hybridized carbons (Fsp3) is 0.686. The third-order valence-corrected chi connectivity index (χ3v) is 11.4. The first-order chi connectivity index (χ1) is 22.3. The molecule has 254 valence electrons. The van der Waals surface area contributed by atoms with Crippen LogP contribution >= 0.6 is 0 Å². The first-order valence-corrected chi connectivity index (χ1v) is 17.0. The van der Waals surface area contributed by atoms with Crippen LogP contribution in [0.1, 0.15) is 71.9 Å². The number of fused-ring (bicyclic) bond motifs is 8. The maximum atomic E-state index is 16.5. The number of rotatable bonds is 3. The third-order valence-electron chi connectivity index (χ3n) is 11.4. The van der Waals surface area contributed by atoms with Crippen molar-refractivity contribution in [2.75, 3.05) is 13.7 Å². The molecule has 4 fully saturated rings. The van der Waals surface area contributed by atoms with Crippen molar-refractivity contribution < 1.29 is 37.4 Å². The van der Waals surface area contributed by atoms with Gasteiger partial charge in [0, 0.05) is 17.9 Å². The Hall–Kier alpha value is -3.57. The minimum absolute atomic E-state index is 0.0486. The molecule has 47 heavy (non-hydrogen) atoms. The molecule has 12 heteroatoms. The smallest absolute Gasteiger partial charge is 0.408 e. The lowest BCUT2D eigenvalue weighted by Gasteiger charge is -2.35. The predicted octanol–water partition coefficient (Wildman–Crippen LogP) is 5.51. The van der Waals surface area contributed by atoms with Gasteiger partial charge in [0.25, 0.3) is 5.92 Å². The summed E-state index contributed by atoms with van der Waals surface area (Å²) in [7, 11) is 1.51. The molecule has 2 bridgehead atoms. The lowest BCUT2D eigenvalue weighted by atomic mass is 9.85. The van der Waals surface area contributed by atoms with Crippen LogP contribution in [0, 0.1) is 40.9 Å². The molecule has 5 aliphatic rings. The Labute approximate surface area is 273 Å². The molecule has 7 rings (SSSR count). The summed E-state index contributed by atoms with van der Waals surface area (Å²) in [6.45, 7) is 7.33. The number of alkyl halides is 2. The molecule has 2 aromatic rings. The summed E-state index contributed by atoms with van der Waals surface area (Å²) in [6, 6.07) is 2.99. The number of carbonyl (C=O) groups is 3. The van der Waals surface area contributed by atoms with E-state index in [9.17, 15) is 14.4 Å². The summed E-state index contributed by atoms with van der Waals surface area (Å²) in [5.74, 6) is -4.20. The largest absolute Gasteiger partial charge is 0.497 e. The number of methoxy groups -OCH3 is 1. The summed E-state index contributed by atoms with van der Waals surface area (Å²) in [5.41, 5.74) is -0.611. The summed E-state index contributed by atoms with van der Waals surface area (Å²) < 4.78 is 50.8. The van der Waals surface area contributed by atoms with E-state index in [0.29, 0.717) is 60.6 Å². The molecule has 10 nitrogen and oxygen atoms in total. The predicted molar refractivity (Wildman–Crippen MR) is 167 cm³/mol. The second kappa shape index (κ2) is 11.5. The molecule has 10 atom stereocenters. The molecule has 0 spiro atoms. The highest BCUT2D eigenvalue weighted by Crippen LogP contribution is 2.61. The van der Waals surface area contributed by atoms with Crippen molar-refractivity contribution in [3.63, 3.8) is 0 Å². The van der Waals surface area contributed by atoms with E-state index in [2.05, 4.69) is 15.3 Å². The zero-order valence-corrected chi connectivity index (χ0v) is 27.6. The molecule has 4 unspecified atom stereocenters. The van der Waals surface area contributed by atoms with Crippen LogP contribution in [-0.4, -0.2) is 71.1 Å². The molecule has 1 saturated heterocycles. The molecule has 0 radical (unpaired) electrons. The van der Waals surface area contributed by atoms with Crippen molar-refractivity contribution >= 4 is 29.3 Å².